The lowest BCUT2D eigenvalue weighted by molar-refractivity contribution is -0.274. The minimum Gasteiger partial charge on any atom is -0.406 e. The van der Waals surface area contributed by atoms with Crippen LogP contribution >= 0.6 is 15.9 Å². The lowest BCUT2D eigenvalue weighted by Crippen LogP contribution is -2.17. The molecule has 88 valence electrons. The van der Waals surface area contributed by atoms with Crippen molar-refractivity contribution in [3.8, 4) is 5.75 Å². The molecule has 0 saturated heterocycles. The molecule has 0 N–H and O–H groups in total. The van der Waals surface area contributed by atoms with E-state index in [9.17, 15) is 13.2 Å². The highest BCUT2D eigenvalue weighted by Crippen LogP contribution is 2.43. The van der Waals surface area contributed by atoms with E-state index in [1.54, 1.807) is 6.07 Å². The maximum Gasteiger partial charge on any atom is 0.573 e. The maximum atomic E-state index is 12.0. The van der Waals surface area contributed by atoms with Crippen LogP contribution in [0.1, 0.15) is 22.9 Å². The molecule has 1 nitrogen and oxygen atoms in total. The zero-order valence-electron chi connectivity index (χ0n) is 8.51. The molecule has 1 aliphatic rings. The molecule has 0 radical (unpaired) electrons. The van der Waals surface area contributed by atoms with Crippen LogP contribution in [0.25, 0.3) is 0 Å². The molecule has 1 aromatic rings. The van der Waals surface area contributed by atoms with E-state index in [1.165, 1.54) is 12.1 Å². The predicted molar refractivity (Wildman–Crippen MR) is 57.7 cm³/mol. The van der Waals surface area contributed by atoms with Gasteiger partial charge in [-0.15, -0.1) is 13.2 Å². The molecular formula is C11H10BrF3O. The summed E-state index contributed by atoms with van der Waals surface area (Å²) in [4.78, 5) is 0.110. The van der Waals surface area contributed by atoms with Crippen molar-refractivity contribution < 1.29 is 17.9 Å². The Labute approximate surface area is 99.7 Å². The van der Waals surface area contributed by atoms with Crippen LogP contribution in [0.15, 0.2) is 18.2 Å². The fourth-order valence-electron chi connectivity index (χ4n) is 1.97. The summed E-state index contributed by atoms with van der Waals surface area (Å²) >= 11 is 3.48. The van der Waals surface area contributed by atoms with Gasteiger partial charge in [0, 0.05) is 4.83 Å². The molecule has 0 spiro atoms. The summed E-state index contributed by atoms with van der Waals surface area (Å²) < 4.78 is 40.0. The van der Waals surface area contributed by atoms with Gasteiger partial charge >= 0.3 is 6.36 Å². The molecule has 0 amide bonds. The molecule has 0 heterocycles. The summed E-state index contributed by atoms with van der Waals surface area (Å²) in [7, 11) is 0. The van der Waals surface area contributed by atoms with E-state index in [4.69, 9.17) is 0 Å². The van der Waals surface area contributed by atoms with Crippen LogP contribution in [0.3, 0.4) is 0 Å². The largest absolute Gasteiger partial charge is 0.573 e. The fourth-order valence-corrected chi connectivity index (χ4v) is 2.58. The first-order chi connectivity index (χ1) is 7.37. The Bertz CT molecular complexity index is 403. The van der Waals surface area contributed by atoms with Gasteiger partial charge in [0.2, 0.25) is 0 Å². The van der Waals surface area contributed by atoms with Gasteiger partial charge in [0.25, 0.3) is 0 Å². The monoisotopic (exact) mass is 294 g/mol. The van der Waals surface area contributed by atoms with Crippen LogP contribution in [-0.4, -0.2) is 6.36 Å². The van der Waals surface area contributed by atoms with Gasteiger partial charge in [-0.3, -0.25) is 0 Å². The minimum absolute atomic E-state index is 0.110. The smallest absolute Gasteiger partial charge is 0.406 e. The van der Waals surface area contributed by atoms with Crippen LogP contribution in [0.4, 0.5) is 13.2 Å². The molecule has 0 saturated carbocycles. The molecule has 0 aliphatic heterocycles. The molecule has 2 rings (SSSR count). The summed E-state index contributed by atoms with van der Waals surface area (Å²) in [5.74, 6) is 0.251. The van der Waals surface area contributed by atoms with Crippen LogP contribution in [0, 0.1) is 5.92 Å². The number of fused-ring (bicyclic) bond motifs is 1. The number of benzene rings is 1. The second-order valence-electron chi connectivity index (χ2n) is 3.99. The van der Waals surface area contributed by atoms with E-state index in [-0.39, 0.29) is 10.6 Å². The van der Waals surface area contributed by atoms with Crippen molar-refractivity contribution in [2.24, 2.45) is 5.92 Å². The standard InChI is InChI=1S/C11H10BrF3O/c1-6-4-7-2-3-8(16-11(13,14)15)5-9(7)10(6)12/h2-3,5-6,10H,4H2,1H3. The highest BCUT2D eigenvalue weighted by Gasteiger charge is 2.33. The lowest BCUT2D eigenvalue weighted by Gasteiger charge is -2.11. The zero-order chi connectivity index (χ0) is 11.9. The van der Waals surface area contributed by atoms with Crippen molar-refractivity contribution in [3.63, 3.8) is 0 Å². The van der Waals surface area contributed by atoms with Gasteiger partial charge in [-0.25, -0.2) is 0 Å². The van der Waals surface area contributed by atoms with Crippen LogP contribution in [0.5, 0.6) is 5.75 Å². The fraction of sp³-hybridized carbons (Fsp3) is 0.455. The topological polar surface area (TPSA) is 9.23 Å². The second kappa shape index (κ2) is 3.95. The Kier molecular flexibility index (Phi) is 2.90. The molecular weight excluding hydrogens is 285 g/mol. The van der Waals surface area contributed by atoms with Gasteiger partial charge < -0.3 is 4.74 Å². The van der Waals surface area contributed by atoms with E-state index in [1.807, 2.05) is 0 Å². The second-order valence-corrected chi connectivity index (χ2v) is 4.98. The summed E-state index contributed by atoms with van der Waals surface area (Å²) in [6.07, 6.45) is -3.74. The number of ether oxygens (including phenoxy) is 1. The Morgan fingerprint density at radius 1 is 1.38 bits per heavy atom. The first-order valence-corrected chi connectivity index (χ1v) is 5.81. The van der Waals surface area contributed by atoms with E-state index in [0.717, 1.165) is 17.5 Å². The van der Waals surface area contributed by atoms with E-state index in [0.29, 0.717) is 5.92 Å². The van der Waals surface area contributed by atoms with Gasteiger partial charge in [0.05, 0.1) is 0 Å². The van der Waals surface area contributed by atoms with Crippen molar-refractivity contribution in [1.29, 1.82) is 0 Å². The van der Waals surface area contributed by atoms with Crippen LogP contribution < -0.4 is 4.74 Å². The Balaban J connectivity index is 2.27. The van der Waals surface area contributed by atoms with Gasteiger partial charge in [0.1, 0.15) is 5.75 Å². The molecule has 1 aromatic carbocycles. The molecule has 0 fully saturated rings. The number of hydrogen-bond donors (Lipinski definition) is 0. The van der Waals surface area contributed by atoms with Crippen LogP contribution in [-0.2, 0) is 6.42 Å². The van der Waals surface area contributed by atoms with E-state index in [2.05, 4.69) is 27.6 Å². The third-order valence-corrected chi connectivity index (χ3v) is 4.09. The van der Waals surface area contributed by atoms with Crippen molar-refractivity contribution in [1.82, 2.24) is 0 Å². The van der Waals surface area contributed by atoms with Gasteiger partial charge in [-0.2, -0.15) is 0 Å². The van der Waals surface area contributed by atoms with Crippen molar-refractivity contribution in [2.45, 2.75) is 24.5 Å². The van der Waals surface area contributed by atoms with Gasteiger partial charge in [-0.1, -0.05) is 28.9 Å². The lowest BCUT2D eigenvalue weighted by atomic mass is 10.1. The maximum absolute atomic E-state index is 12.0. The normalized spacial score (nSPS) is 24.3. The predicted octanol–water partition coefficient (Wildman–Crippen LogP) is 4.21. The number of rotatable bonds is 1. The van der Waals surface area contributed by atoms with Gasteiger partial charge in [-0.05, 0) is 35.6 Å². The van der Waals surface area contributed by atoms with Crippen LogP contribution in [0.2, 0.25) is 0 Å². The number of halogens is 4. The van der Waals surface area contributed by atoms with E-state index < -0.39 is 6.36 Å². The minimum atomic E-state index is -4.62. The first kappa shape index (κ1) is 11.8. The van der Waals surface area contributed by atoms with Crippen molar-refractivity contribution >= 4 is 15.9 Å². The average Bonchev–Trinajstić information content (AvgIpc) is 2.42. The zero-order valence-corrected chi connectivity index (χ0v) is 10.1. The highest BCUT2D eigenvalue weighted by molar-refractivity contribution is 9.09. The Morgan fingerprint density at radius 2 is 2.06 bits per heavy atom. The number of alkyl halides is 4. The summed E-state index contributed by atoms with van der Waals surface area (Å²) in [6.45, 7) is 2.06. The first-order valence-electron chi connectivity index (χ1n) is 4.89. The molecule has 5 heteroatoms. The third-order valence-electron chi connectivity index (χ3n) is 2.69. The third kappa shape index (κ3) is 2.34. The summed E-state index contributed by atoms with van der Waals surface area (Å²) in [6, 6.07) is 4.53. The van der Waals surface area contributed by atoms with Gasteiger partial charge in [0.15, 0.2) is 0 Å². The Hall–Kier alpha value is -0.710. The molecule has 2 unspecified atom stereocenters. The molecule has 1 aliphatic carbocycles. The summed E-state index contributed by atoms with van der Waals surface area (Å²) in [5.41, 5.74) is 1.98. The van der Waals surface area contributed by atoms with E-state index >= 15 is 0 Å². The molecule has 0 aromatic heterocycles. The quantitative estimate of drug-likeness (QED) is 0.705. The van der Waals surface area contributed by atoms with Crippen molar-refractivity contribution in [3.05, 3.63) is 29.3 Å². The Morgan fingerprint density at radius 3 is 2.69 bits per heavy atom. The molecule has 16 heavy (non-hydrogen) atoms. The average molecular weight is 295 g/mol. The van der Waals surface area contributed by atoms with Crippen molar-refractivity contribution in [2.75, 3.05) is 0 Å². The molecule has 2 atom stereocenters. The summed E-state index contributed by atoms with van der Waals surface area (Å²) in [5, 5.41) is 0. The number of hydrogen-bond acceptors (Lipinski definition) is 1. The molecule has 0 bridgehead atoms. The highest BCUT2D eigenvalue weighted by atomic mass is 79.9. The SMILES string of the molecule is CC1Cc2ccc(OC(F)(F)F)cc2C1Br.